The molecule has 5 rings (SSSR count). The molecule has 2 aromatic carbocycles. The maximum Gasteiger partial charge on any atom is 0.338 e. The van der Waals surface area contributed by atoms with E-state index in [2.05, 4.69) is 4.98 Å². The molecule has 1 aliphatic rings. The van der Waals surface area contributed by atoms with Gasteiger partial charge in [0.15, 0.2) is 5.52 Å². The highest BCUT2D eigenvalue weighted by Crippen LogP contribution is 2.33. The molecule has 0 aliphatic carbocycles. The highest BCUT2D eigenvalue weighted by Gasteiger charge is 2.41. The van der Waals surface area contributed by atoms with Gasteiger partial charge in [0.25, 0.3) is 11.1 Å². The molecule has 212 valence electrons. The van der Waals surface area contributed by atoms with Crippen molar-refractivity contribution in [1.29, 1.82) is 0 Å². The summed E-state index contributed by atoms with van der Waals surface area (Å²) in [5.74, 6) is -1.13. The minimum absolute atomic E-state index is 0.0905. The zero-order chi connectivity index (χ0) is 29.3. The lowest BCUT2D eigenvalue weighted by molar-refractivity contribution is -0.0569. The fraction of sp³-hybridized carbons (Fsp3) is 0.300. The Hall–Kier alpha value is -4.22. The Morgan fingerprint density at radius 1 is 1.00 bits per heavy atom. The minimum Gasteiger partial charge on any atom is -0.459 e. The molecule has 4 aromatic rings. The minimum atomic E-state index is -0.909. The summed E-state index contributed by atoms with van der Waals surface area (Å²) in [5.41, 5.74) is 2.29. The Labute approximate surface area is 239 Å². The number of aromatic nitrogens is 3. The molecule has 41 heavy (non-hydrogen) atoms. The summed E-state index contributed by atoms with van der Waals surface area (Å²) in [7, 11) is 1.63. The van der Waals surface area contributed by atoms with E-state index < -0.39 is 35.9 Å². The van der Waals surface area contributed by atoms with Gasteiger partial charge in [-0.05, 0) is 50.4 Å². The molecular formula is C30H29N3O7S. The Balaban J connectivity index is 1.46. The van der Waals surface area contributed by atoms with Gasteiger partial charge in [-0.25, -0.2) is 14.6 Å². The maximum absolute atomic E-state index is 13.1. The Morgan fingerprint density at radius 3 is 2.22 bits per heavy atom. The van der Waals surface area contributed by atoms with E-state index in [0.29, 0.717) is 21.7 Å². The number of aryl methyl sites for hydroxylation is 2. The van der Waals surface area contributed by atoms with Crippen molar-refractivity contribution in [2.75, 3.05) is 12.9 Å². The van der Waals surface area contributed by atoms with Gasteiger partial charge in [0, 0.05) is 13.5 Å². The summed E-state index contributed by atoms with van der Waals surface area (Å²) < 4.78 is 20.4. The number of fused-ring (bicyclic) bond motifs is 1. The van der Waals surface area contributed by atoms with Crippen molar-refractivity contribution in [3.8, 4) is 0 Å². The van der Waals surface area contributed by atoms with E-state index in [1.165, 1.54) is 20.9 Å². The van der Waals surface area contributed by atoms with Crippen LogP contribution in [0.25, 0.3) is 11.0 Å². The second-order valence-corrected chi connectivity index (χ2v) is 10.7. The molecule has 0 saturated carbocycles. The number of hydrogen-bond donors (Lipinski definition) is 0. The smallest absolute Gasteiger partial charge is 0.338 e. The van der Waals surface area contributed by atoms with Crippen LogP contribution in [0.3, 0.4) is 0 Å². The Bertz CT molecular complexity index is 1730. The van der Waals surface area contributed by atoms with E-state index in [1.807, 2.05) is 20.1 Å². The molecule has 11 heteroatoms. The van der Waals surface area contributed by atoms with Crippen LogP contribution in [0.15, 0.2) is 75.4 Å². The van der Waals surface area contributed by atoms with Gasteiger partial charge in [-0.2, -0.15) is 0 Å². The predicted octanol–water partition coefficient (Wildman–Crippen LogP) is 3.80. The number of carbonyl (C=O) groups is 2. The molecule has 2 aromatic heterocycles. The van der Waals surface area contributed by atoms with Crippen LogP contribution in [0.5, 0.6) is 0 Å². The molecular weight excluding hydrogens is 546 g/mol. The largest absolute Gasteiger partial charge is 0.459 e. The first-order valence-electron chi connectivity index (χ1n) is 13.0. The lowest BCUT2D eigenvalue weighted by atomic mass is 10.1. The van der Waals surface area contributed by atoms with Gasteiger partial charge in [0.05, 0.1) is 27.9 Å². The summed E-state index contributed by atoms with van der Waals surface area (Å²) in [6, 6.07) is 15.6. The molecule has 0 bridgehead atoms. The quantitative estimate of drug-likeness (QED) is 0.239. The number of benzene rings is 2. The topological polar surface area (TPSA) is 119 Å². The normalized spacial score (nSPS) is 18.4. The van der Waals surface area contributed by atoms with Gasteiger partial charge in [-0.3, -0.25) is 14.2 Å². The van der Waals surface area contributed by atoms with Gasteiger partial charge >= 0.3 is 11.9 Å². The first kappa shape index (κ1) is 28.3. The summed E-state index contributed by atoms with van der Waals surface area (Å²) in [6.07, 6.45) is 0.363. The van der Waals surface area contributed by atoms with Crippen LogP contribution in [0, 0.1) is 13.8 Å². The fourth-order valence-corrected chi connectivity index (χ4v) is 5.29. The van der Waals surface area contributed by atoms with Crippen LogP contribution < -0.4 is 11.1 Å². The molecule has 1 fully saturated rings. The zero-order valence-corrected chi connectivity index (χ0v) is 23.8. The van der Waals surface area contributed by atoms with Crippen molar-refractivity contribution in [3.05, 3.63) is 104 Å². The molecule has 3 atom stereocenters. The third kappa shape index (κ3) is 5.82. The van der Waals surface area contributed by atoms with Gasteiger partial charge in [0.2, 0.25) is 0 Å². The molecule has 0 spiro atoms. The van der Waals surface area contributed by atoms with Gasteiger partial charge in [0.1, 0.15) is 25.0 Å². The summed E-state index contributed by atoms with van der Waals surface area (Å²) in [6.45, 7) is 3.61. The average molecular weight is 576 g/mol. The first-order chi connectivity index (χ1) is 19.7. The van der Waals surface area contributed by atoms with Crippen LogP contribution in [0.4, 0.5) is 0 Å². The number of ether oxygens (including phenoxy) is 3. The van der Waals surface area contributed by atoms with Crippen molar-refractivity contribution >= 4 is 34.7 Å². The third-order valence-electron chi connectivity index (χ3n) is 7.03. The standard InChI is InChI=1S/C30H29N3O7S/c1-17-5-9-19(10-6-17)29(36)38-16-23-22(40-30(37)20-11-7-18(2)8-12-20)14-25(39-23)33-21-13-26(41-4)32(3)28(35)27(21)31-15-24(33)34/h5-13,15,22-23,25H,14,16H2,1-4H3/t22-,23+,25?/m0/s1. The van der Waals surface area contributed by atoms with Crippen molar-refractivity contribution in [3.63, 3.8) is 0 Å². The second kappa shape index (κ2) is 11.7. The molecule has 0 N–H and O–H groups in total. The van der Waals surface area contributed by atoms with Crippen LogP contribution >= 0.6 is 11.8 Å². The monoisotopic (exact) mass is 575 g/mol. The van der Waals surface area contributed by atoms with E-state index in [1.54, 1.807) is 61.6 Å². The molecule has 3 heterocycles. The summed E-state index contributed by atoms with van der Waals surface area (Å²) in [5, 5.41) is 0.632. The average Bonchev–Trinajstić information content (AvgIpc) is 3.35. The van der Waals surface area contributed by atoms with Crippen LogP contribution in [-0.2, 0) is 21.3 Å². The van der Waals surface area contributed by atoms with Crippen LogP contribution in [0.1, 0.15) is 44.5 Å². The molecule has 0 radical (unpaired) electrons. The maximum atomic E-state index is 13.1. The molecule has 10 nitrogen and oxygen atoms in total. The summed E-state index contributed by atoms with van der Waals surface area (Å²) >= 11 is 1.35. The van der Waals surface area contributed by atoms with E-state index in [-0.39, 0.29) is 24.1 Å². The lowest BCUT2D eigenvalue weighted by Crippen LogP contribution is -2.32. The third-order valence-corrected chi connectivity index (χ3v) is 7.84. The highest BCUT2D eigenvalue weighted by atomic mass is 32.2. The number of thioether (sulfide) groups is 1. The lowest BCUT2D eigenvalue weighted by Gasteiger charge is -2.19. The van der Waals surface area contributed by atoms with Crippen LogP contribution in [-0.4, -0.2) is 51.1 Å². The van der Waals surface area contributed by atoms with Crippen molar-refractivity contribution < 1.29 is 23.8 Å². The van der Waals surface area contributed by atoms with Crippen LogP contribution in [0.2, 0.25) is 0 Å². The number of hydrogen-bond acceptors (Lipinski definition) is 9. The summed E-state index contributed by atoms with van der Waals surface area (Å²) in [4.78, 5) is 55.9. The van der Waals surface area contributed by atoms with E-state index in [0.717, 1.165) is 17.3 Å². The molecule has 0 amide bonds. The second-order valence-electron chi connectivity index (χ2n) is 9.89. The van der Waals surface area contributed by atoms with E-state index in [9.17, 15) is 19.2 Å². The molecule has 1 saturated heterocycles. The molecule has 1 aliphatic heterocycles. The van der Waals surface area contributed by atoms with Crippen molar-refractivity contribution in [2.24, 2.45) is 7.05 Å². The van der Waals surface area contributed by atoms with E-state index in [4.69, 9.17) is 14.2 Å². The fourth-order valence-electron chi connectivity index (χ4n) is 4.71. The SMILES string of the molecule is CSc1cc2c(ncc(=O)n2C2C[C@H](OC(=O)c3ccc(C)cc3)[C@@H](COC(=O)c3ccc(C)cc3)O2)c(=O)n1C. The number of esters is 2. The first-order valence-corrected chi connectivity index (χ1v) is 14.2. The predicted molar refractivity (Wildman–Crippen MR) is 153 cm³/mol. The van der Waals surface area contributed by atoms with E-state index >= 15 is 0 Å². The number of carbonyl (C=O) groups excluding carboxylic acids is 2. The Kier molecular flexibility index (Phi) is 8.09. The molecule has 1 unspecified atom stereocenters. The van der Waals surface area contributed by atoms with Crippen molar-refractivity contribution in [1.82, 2.24) is 14.1 Å². The Morgan fingerprint density at radius 2 is 1.61 bits per heavy atom. The number of rotatable bonds is 7. The number of nitrogens with zero attached hydrogens (tertiary/aromatic N) is 3. The zero-order valence-electron chi connectivity index (χ0n) is 23.0. The van der Waals surface area contributed by atoms with Crippen molar-refractivity contribution in [2.45, 2.75) is 43.7 Å². The van der Waals surface area contributed by atoms with Gasteiger partial charge in [-0.1, -0.05) is 35.4 Å². The number of pyridine rings is 1. The van der Waals surface area contributed by atoms with Gasteiger partial charge < -0.3 is 18.8 Å². The van der Waals surface area contributed by atoms with Gasteiger partial charge in [-0.15, -0.1) is 11.8 Å². The highest BCUT2D eigenvalue weighted by molar-refractivity contribution is 7.98.